The molecule has 5 rings (SSSR count). The third kappa shape index (κ3) is 3.76. The number of hydrogen-bond donors (Lipinski definition) is 0. The second kappa shape index (κ2) is 8.36. The van der Waals surface area contributed by atoms with Crippen LogP contribution in [0, 0.1) is 5.92 Å². The Kier molecular flexibility index (Phi) is 5.72. The average Bonchev–Trinajstić information content (AvgIpc) is 3.36. The summed E-state index contributed by atoms with van der Waals surface area (Å²) in [5, 5.41) is 0. The molecule has 4 aliphatic rings. The molecule has 2 fully saturated rings. The molecular formula is C25H30BrNO4. The number of ketones is 1. The summed E-state index contributed by atoms with van der Waals surface area (Å²) in [7, 11) is 0. The van der Waals surface area contributed by atoms with Gasteiger partial charge in [0.15, 0.2) is 11.5 Å². The van der Waals surface area contributed by atoms with Gasteiger partial charge in [-0.15, -0.1) is 0 Å². The maximum absolute atomic E-state index is 13.7. The summed E-state index contributed by atoms with van der Waals surface area (Å²) in [6, 6.07) is 7.97. The molecule has 1 aliphatic carbocycles. The van der Waals surface area contributed by atoms with Crippen LogP contribution in [0.25, 0.3) is 0 Å². The highest BCUT2D eigenvalue weighted by molar-refractivity contribution is 9.09. The molecule has 5 atom stereocenters. The van der Waals surface area contributed by atoms with Crippen LogP contribution in [0.3, 0.4) is 0 Å². The number of carbonyl (C=O) groups is 2. The van der Waals surface area contributed by atoms with Crippen molar-refractivity contribution >= 4 is 27.6 Å². The molecule has 0 aromatic heterocycles. The first-order valence-electron chi connectivity index (χ1n) is 11.6. The van der Waals surface area contributed by atoms with Crippen molar-refractivity contribution in [3.05, 3.63) is 46.7 Å². The van der Waals surface area contributed by atoms with Crippen LogP contribution in [0.15, 0.2) is 35.6 Å². The monoisotopic (exact) mass is 487 g/mol. The van der Waals surface area contributed by atoms with Crippen molar-refractivity contribution in [2.45, 2.75) is 74.9 Å². The summed E-state index contributed by atoms with van der Waals surface area (Å²) in [5.41, 5.74) is 2.78. The van der Waals surface area contributed by atoms with Crippen LogP contribution in [0.5, 0.6) is 0 Å². The van der Waals surface area contributed by atoms with Crippen molar-refractivity contribution < 1.29 is 19.1 Å². The van der Waals surface area contributed by atoms with Gasteiger partial charge in [-0.05, 0) is 49.1 Å². The lowest BCUT2D eigenvalue weighted by Crippen LogP contribution is -2.41. The topological polar surface area (TPSA) is 55.8 Å². The van der Waals surface area contributed by atoms with E-state index < -0.39 is 6.04 Å². The Bertz CT molecular complexity index is 903. The van der Waals surface area contributed by atoms with Crippen molar-refractivity contribution in [1.29, 1.82) is 0 Å². The average molecular weight is 488 g/mol. The van der Waals surface area contributed by atoms with E-state index in [1.807, 2.05) is 4.90 Å². The van der Waals surface area contributed by atoms with Gasteiger partial charge in [0.2, 0.25) is 0 Å². The molecule has 3 aliphatic heterocycles. The molecule has 1 aromatic carbocycles. The molecule has 166 valence electrons. The number of carbonyl (C=O) groups excluding carboxylic acids is 2. The first-order chi connectivity index (χ1) is 14.9. The molecule has 0 N–H and O–H groups in total. The highest BCUT2D eigenvalue weighted by Crippen LogP contribution is 2.47. The molecule has 0 spiro atoms. The van der Waals surface area contributed by atoms with Crippen molar-refractivity contribution in [3.63, 3.8) is 0 Å². The summed E-state index contributed by atoms with van der Waals surface area (Å²) >= 11 is 3.70. The van der Waals surface area contributed by atoms with Crippen molar-refractivity contribution in [2.75, 3.05) is 13.2 Å². The van der Waals surface area contributed by atoms with Gasteiger partial charge in [0.1, 0.15) is 6.10 Å². The summed E-state index contributed by atoms with van der Waals surface area (Å²) < 4.78 is 12.1. The maximum atomic E-state index is 13.7. The number of rotatable bonds is 4. The number of Topliss-reactive ketones (excluding diaryl/α,β-unsaturated/α-hetero) is 1. The SMILES string of the molecule is CC(C)c1ccc(C2C3=C(OC4CCC(Br)CC4C3=O)C(=O)N2CC2CCCO2)cc1. The van der Waals surface area contributed by atoms with E-state index in [4.69, 9.17) is 9.47 Å². The second-order valence-corrected chi connectivity index (χ2v) is 10.9. The van der Waals surface area contributed by atoms with E-state index in [1.165, 1.54) is 5.56 Å². The third-order valence-corrected chi connectivity index (χ3v) is 8.05. The number of alkyl halides is 1. The molecule has 31 heavy (non-hydrogen) atoms. The normalized spacial score (nSPS) is 33.0. The summed E-state index contributed by atoms with van der Waals surface area (Å²) in [5.74, 6) is 0.475. The summed E-state index contributed by atoms with van der Waals surface area (Å²) in [6.07, 6.45) is 4.32. The molecule has 3 heterocycles. The van der Waals surface area contributed by atoms with Crippen LogP contribution < -0.4 is 0 Å². The zero-order valence-electron chi connectivity index (χ0n) is 18.2. The Morgan fingerprint density at radius 3 is 2.58 bits per heavy atom. The largest absolute Gasteiger partial charge is 0.483 e. The molecule has 0 bridgehead atoms. The van der Waals surface area contributed by atoms with Crippen LogP contribution in [0.1, 0.15) is 69.0 Å². The molecule has 1 saturated carbocycles. The number of ether oxygens (including phenoxy) is 2. The third-order valence-electron chi connectivity index (χ3n) is 7.22. The minimum Gasteiger partial charge on any atom is -0.483 e. The van der Waals surface area contributed by atoms with E-state index in [0.717, 1.165) is 44.3 Å². The van der Waals surface area contributed by atoms with E-state index in [-0.39, 0.29) is 35.6 Å². The van der Waals surface area contributed by atoms with Crippen LogP contribution in [0.4, 0.5) is 0 Å². The van der Waals surface area contributed by atoms with Gasteiger partial charge in [0.25, 0.3) is 5.91 Å². The number of amides is 1. The Balaban J connectivity index is 1.53. The Morgan fingerprint density at radius 1 is 1.13 bits per heavy atom. The Hall–Kier alpha value is -1.66. The maximum Gasteiger partial charge on any atom is 0.290 e. The first kappa shape index (κ1) is 21.2. The van der Waals surface area contributed by atoms with E-state index in [9.17, 15) is 9.59 Å². The zero-order chi connectivity index (χ0) is 21.7. The summed E-state index contributed by atoms with van der Waals surface area (Å²) in [4.78, 5) is 29.4. The highest BCUT2D eigenvalue weighted by atomic mass is 79.9. The van der Waals surface area contributed by atoms with Crippen molar-refractivity contribution in [2.24, 2.45) is 5.92 Å². The fourth-order valence-electron chi connectivity index (χ4n) is 5.47. The van der Waals surface area contributed by atoms with E-state index >= 15 is 0 Å². The van der Waals surface area contributed by atoms with Crippen LogP contribution in [-0.4, -0.2) is 46.8 Å². The van der Waals surface area contributed by atoms with Gasteiger partial charge in [-0.1, -0.05) is 54.0 Å². The molecular weight excluding hydrogens is 458 g/mol. The van der Waals surface area contributed by atoms with Gasteiger partial charge in [0, 0.05) is 18.0 Å². The second-order valence-electron chi connectivity index (χ2n) is 9.60. The molecule has 0 radical (unpaired) electrons. The van der Waals surface area contributed by atoms with Gasteiger partial charge in [-0.25, -0.2) is 0 Å². The van der Waals surface area contributed by atoms with E-state index in [0.29, 0.717) is 22.9 Å². The Labute approximate surface area is 192 Å². The molecule has 6 heteroatoms. The standard InChI is InChI=1S/C25H30BrNO4/c1-14(2)15-5-7-16(8-6-15)22-21-23(28)19-12-17(26)9-10-20(19)31-24(21)25(29)27(22)13-18-4-3-11-30-18/h5-8,14,17-20,22H,3-4,9-13H2,1-2H3. The number of benzene rings is 1. The lowest BCUT2D eigenvalue weighted by Gasteiger charge is -2.37. The minimum atomic E-state index is -0.392. The van der Waals surface area contributed by atoms with E-state index in [2.05, 4.69) is 54.0 Å². The molecule has 1 saturated heterocycles. The number of fused-ring (bicyclic) bond motifs is 1. The first-order valence-corrected chi connectivity index (χ1v) is 12.5. The zero-order valence-corrected chi connectivity index (χ0v) is 19.8. The predicted octanol–water partition coefficient (Wildman–Crippen LogP) is 4.66. The minimum absolute atomic E-state index is 0.0204. The molecule has 1 aromatic rings. The molecule has 5 nitrogen and oxygen atoms in total. The quantitative estimate of drug-likeness (QED) is 0.579. The molecule has 1 amide bonds. The number of halogens is 1. The highest BCUT2D eigenvalue weighted by Gasteiger charge is 2.53. The van der Waals surface area contributed by atoms with Crippen LogP contribution in [0.2, 0.25) is 0 Å². The smallest absolute Gasteiger partial charge is 0.290 e. The van der Waals surface area contributed by atoms with Gasteiger partial charge >= 0.3 is 0 Å². The number of hydrogen-bond acceptors (Lipinski definition) is 4. The van der Waals surface area contributed by atoms with Gasteiger partial charge in [-0.2, -0.15) is 0 Å². The fourth-order valence-corrected chi connectivity index (χ4v) is 6.14. The van der Waals surface area contributed by atoms with Crippen molar-refractivity contribution in [3.8, 4) is 0 Å². The lowest BCUT2D eigenvalue weighted by molar-refractivity contribution is -0.136. The number of nitrogens with zero attached hydrogens (tertiary/aromatic N) is 1. The fraction of sp³-hybridized carbons (Fsp3) is 0.600. The van der Waals surface area contributed by atoms with Crippen molar-refractivity contribution in [1.82, 2.24) is 4.90 Å². The predicted molar refractivity (Wildman–Crippen MR) is 121 cm³/mol. The summed E-state index contributed by atoms with van der Waals surface area (Å²) in [6.45, 7) is 5.56. The van der Waals surface area contributed by atoms with Crippen LogP contribution >= 0.6 is 15.9 Å². The Morgan fingerprint density at radius 2 is 1.90 bits per heavy atom. The van der Waals surface area contributed by atoms with Crippen LogP contribution in [-0.2, 0) is 19.1 Å². The van der Waals surface area contributed by atoms with Gasteiger partial charge in [0.05, 0.1) is 23.6 Å². The molecule has 5 unspecified atom stereocenters. The lowest BCUT2D eigenvalue weighted by atomic mass is 9.77. The van der Waals surface area contributed by atoms with Gasteiger partial charge < -0.3 is 14.4 Å². The van der Waals surface area contributed by atoms with E-state index in [1.54, 1.807) is 0 Å². The van der Waals surface area contributed by atoms with Gasteiger partial charge in [-0.3, -0.25) is 9.59 Å².